The highest BCUT2D eigenvalue weighted by Crippen LogP contribution is 2.26. The van der Waals surface area contributed by atoms with Crippen molar-refractivity contribution in [3.63, 3.8) is 0 Å². The highest BCUT2D eigenvalue weighted by molar-refractivity contribution is 7.89. The van der Waals surface area contributed by atoms with Crippen LogP contribution in [0, 0.1) is 0 Å². The zero-order valence-corrected chi connectivity index (χ0v) is 17.4. The van der Waals surface area contributed by atoms with Crippen LogP contribution in [0.4, 0.5) is 0 Å². The quantitative estimate of drug-likeness (QED) is 0.647. The number of fused-ring (bicyclic) bond motifs is 1. The summed E-state index contributed by atoms with van der Waals surface area (Å²) >= 11 is 0. The molecule has 1 aliphatic rings. The summed E-state index contributed by atoms with van der Waals surface area (Å²) in [5.41, 5.74) is 0.663. The molecule has 0 atom stereocenters. The third-order valence-electron chi connectivity index (χ3n) is 5.11. The molecular formula is C20H24N4O5S. The Morgan fingerprint density at radius 3 is 2.57 bits per heavy atom. The predicted octanol–water partition coefficient (Wildman–Crippen LogP) is 1.91. The summed E-state index contributed by atoms with van der Waals surface area (Å²) in [5.74, 6) is 0.0164. The number of aromatic amines is 1. The summed E-state index contributed by atoms with van der Waals surface area (Å²) in [7, 11) is -4.01. The summed E-state index contributed by atoms with van der Waals surface area (Å²) < 4.78 is 33.9. The van der Waals surface area contributed by atoms with Crippen molar-refractivity contribution in [2.24, 2.45) is 0 Å². The van der Waals surface area contributed by atoms with Crippen LogP contribution in [-0.4, -0.2) is 34.0 Å². The van der Waals surface area contributed by atoms with Crippen molar-refractivity contribution in [1.29, 1.82) is 0 Å². The molecule has 0 fully saturated rings. The third-order valence-corrected chi connectivity index (χ3v) is 6.99. The molecule has 0 amide bonds. The molecule has 10 heteroatoms. The summed E-state index contributed by atoms with van der Waals surface area (Å²) in [6.45, 7) is 11.1. The van der Waals surface area contributed by atoms with Crippen molar-refractivity contribution in [1.82, 2.24) is 19.0 Å². The van der Waals surface area contributed by atoms with Crippen molar-refractivity contribution >= 4 is 22.2 Å². The SMILES string of the molecule is C=Cc1noc(C=C)c1S(=O)(=O)N(C=C)CCCn1c2c(c(=O)[nH]c1=O)CCCC2. The topological polar surface area (TPSA) is 118 Å². The smallest absolute Gasteiger partial charge is 0.328 e. The van der Waals surface area contributed by atoms with E-state index in [-0.39, 0.29) is 35.0 Å². The van der Waals surface area contributed by atoms with Crippen LogP contribution in [0.5, 0.6) is 0 Å². The number of hydrogen-bond donors (Lipinski definition) is 1. The Labute approximate surface area is 174 Å². The number of nitrogens with one attached hydrogen (secondary N) is 1. The van der Waals surface area contributed by atoms with E-state index in [0.717, 1.165) is 22.8 Å². The molecule has 2 heterocycles. The first-order valence-electron chi connectivity index (χ1n) is 9.59. The predicted molar refractivity (Wildman–Crippen MR) is 113 cm³/mol. The average Bonchev–Trinajstić information content (AvgIpc) is 3.17. The number of sulfonamides is 1. The zero-order valence-electron chi connectivity index (χ0n) is 16.6. The second-order valence-corrected chi connectivity index (χ2v) is 8.69. The van der Waals surface area contributed by atoms with E-state index in [0.29, 0.717) is 24.8 Å². The van der Waals surface area contributed by atoms with Gasteiger partial charge in [-0.15, -0.1) is 0 Å². The van der Waals surface area contributed by atoms with Gasteiger partial charge in [-0.1, -0.05) is 24.9 Å². The minimum Gasteiger partial charge on any atom is -0.355 e. The number of hydrogen-bond acceptors (Lipinski definition) is 6. The fourth-order valence-electron chi connectivity index (χ4n) is 3.67. The van der Waals surface area contributed by atoms with Crippen LogP contribution in [0.3, 0.4) is 0 Å². The lowest BCUT2D eigenvalue weighted by molar-refractivity contribution is 0.408. The monoisotopic (exact) mass is 432 g/mol. The molecule has 30 heavy (non-hydrogen) atoms. The van der Waals surface area contributed by atoms with E-state index in [4.69, 9.17) is 4.52 Å². The molecule has 0 aliphatic heterocycles. The van der Waals surface area contributed by atoms with E-state index < -0.39 is 15.7 Å². The maximum absolute atomic E-state index is 13.1. The van der Waals surface area contributed by atoms with Crippen LogP contribution in [0.15, 0.2) is 44.9 Å². The van der Waals surface area contributed by atoms with E-state index >= 15 is 0 Å². The van der Waals surface area contributed by atoms with Crippen molar-refractivity contribution in [3.05, 3.63) is 69.5 Å². The molecule has 0 unspecified atom stereocenters. The van der Waals surface area contributed by atoms with Gasteiger partial charge < -0.3 is 4.52 Å². The Hall–Kier alpha value is -3.14. The first-order valence-corrected chi connectivity index (χ1v) is 11.0. The number of nitrogens with zero attached hydrogens (tertiary/aromatic N) is 3. The number of rotatable bonds is 9. The van der Waals surface area contributed by atoms with E-state index in [1.807, 2.05) is 0 Å². The van der Waals surface area contributed by atoms with Gasteiger partial charge in [-0.25, -0.2) is 13.2 Å². The summed E-state index contributed by atoms with van der Waals surface area (Å²) in [5, 5.41) is 3.70. The van der Waals surface area contributed by atoms with Gasteiger partial charge in [0.2, 0.25) is 0 Å². The molecule has 1 N–H and O–H groups in total. The van der Waals surface area contributed by atoms with Crippen LogP contribution in [0.25, 0.3) is 12.2 Å². The van der Waals surface area contributed by atoms with Gasteiger partial charge in [0, 0.05) is 30.5 Å². The van der Waals surface area contributed by atoms with Crippen LogP contribution >= 0.6 is 0 Å². The van der Waals surface area contributed by atoms with Crippen molar-refractivity contribution in [3.8, 4) is 0 Å². The van der Waals surface area contributed by atoms with Crippen molar-refractivity contribution < 1.29 is 12.9 Å². The Bertz CT molecular complexity index is 1180. The third kappa shape index (κ3) is 3.82. The molecule has 160 valence electrons. The van der Waals surface area contributed by atoms with Crippen molar-refractivity contribution in [2.45, 2.75) is 43.5 Å². The Kier molecular flexibility index (Phi) is 6.25. The number of H-pyrrole nitrogens is 1. The normalized spacial score (nSPS) is 13.5. The molecule has 0 spiro atoms. The van der Waals surface area contributed by atoms with Gasteiger partial charge >= 0.3 is 5.69 Å². The minimum absolute atomic E-state index is 0.0164. The van der Waals surface area contributed by atoms with E-state index in [1.54, 1.807) is 0 Å². The second kappa shape index (κ2) is 8.70. The summed E-state index contributed by atoms with van der Waals surface area (Å²) in [6, 6.07) is 0. The molecule has 3 rings (SSSR count). The maximum Gasteiger partial charge on any atom is 0.328 e. The lowest BCUT2D eigenvalue weighted by Gasteiger charge is -2.22. The Balaban J connectivity index is 1.84. The molecule has 0 bridgehead atoms. The highest BCUT2D eigenvalue weighted by Gasteiger charge is 2.30. The lowest BCUT2D eigenvalue weighted by atomic mass is 9.97. The molecule has 0 saturated heterocycles. The summed E-state index contributed by atoms with van der Waals surface area (Å²) in [6.07, 6.45) is 7.20. The van der Waals surface area contributed by atoms with E-state index in [1.165, 1.54) is 22.9 Å². The first-order chi connectivity index (χ1) is 14.3. The van der Waals surface area contributed by atoms with Crippen LogP contribution in [0.2, 0.25) is 0 Å². The summed E-state index contributed by atoms with van der Waals surface area (Å²) in [4.78, 5) is 26.6. The van der Waals surface area contributed by atoms with Crippen LogP contribution in [-0.2, 0) is 29.4 Å². The van der Waals surface area contributed by atoms with Crippen LogP contribution in [0.1, 0.15) is 42.0 Å². The number of aromatic nitrogens is 3. The molecular weight excluding hydrogens is 408 g/mol. The highest BCUT2D eigenvalue weighted by atomic mass is 32.2. The standard InChI is InChI=1S/C20H24N4O5S/c1-4-15-18(17(5-2)29-22-15)30(27,28)23(6-3)12-9-13-24-16-11-8-7-10-14(16)19(25)21-20(24)26/h4-6H,1-3,7-13H2,(H,21,25,26). The lowest BCUT2D eigenvalue weighted by Crippen LogP contribution is -2.37. The Morgan fingerprint density at radius 1 is 1.17 bits per heavy atom. The van der Waals surface area contributed by atoms with Gasteiger partial charge in [-0.05, 0) is 44.3 Å². The van der Waals surface area contributed by atoms with Gasteiger partial charge in [-0.2, -0.15) is 0 Å². The fraction of sp³-hybridized carbons (Fsp3) is 0.350. The van der Waals surface area contributed by atoms with Gasteiger partial charge in [0.05, 0.1) is 0 Å². The van der Waals surface area contributed by atoms with Crippen LogP contribution < -0.4 is 11.2 Å². The largest absolute Gasteiger partial charge is 0.355 e. The van der Waals surface area contributed by atoms with Gasteiger partial charge in [0.15, 0.2) is 10.7 Å². The first kappa shape index (κ1) is 21.6. The molecule has 2 aromatic rings. The van der Waals surface area contributed by atoms with E-state index in [2.05, 4.69) is 29.9 Å². The molecule has 1 aliphatic carbocycles. The fourth-order valence-corrected chi connectivity index (χ4v) is 5.23. The average molecular weight is 433 g/mol. The molecule has 0 aromatic carbocycles. The zero-order chi connectivity index (χ0) is 21.9. The van der Waals surface area contributed by atoms with Crippen molar-refractivity contribution in [2.75, 3.05) is 6.54 Å². The molecule has 2 aromatic heterocycles. The second-order valence-electron chi connectivity index (χ2n) is 6.86. The molecule has 9 nitrogen and oxygen atoms in total. The van der Waals surface area contributed by atoms with Gasteiger partial charge in [0.1, 0.15) is 5.69 Å². The maximum atomic E-state index is 13.1. The molecule has 0 saturated carbocycles. The van der Waals surface area contributed by atoms with E-state index in [9.17, 15) is 18.0 Å². The van der Waals surface area contributed by atoms with Gasteiger partial charge in [0.25, 0.3) is 15.6 Å². The van der Waals surface area contributed by atoms with Gasteiger partial charge in [-0.3, -0.25) is 18.7 Å². The Morgan fingerprint density at radius 2 is 1.90 bits per heavy atom. The minimum atomic E-state index is -4.01. The molecule has 0 radical (unpaired) electrons.